The Bertz CT molecular complexity index is 616. The predicted octanol–water partition coefficient (Wildman–Crippen LogP) is 2.68. The summed E-state index contributed by atoms with van der Waals surface area (Å²) in [5, 5.41) is 18.7. The predicted molar refractivity (Wildman–Crippen MR) is 82.9 cm³/mol. The maximum Gasteiger partial charge on any atom is 0.423 e. The van der Waals surface area contributed by atoms with Crippen LogP contribution in [-0.4, -0.2) is 32.0 Å². The SMILES string of the molecule is C[C@@H](NS(=O)C(C)(C)C)c1cccc(C(O)(CO)C(F)(F)F)c1F. The van der Waals surface area contributed by atoms with E-state index < -0.39 is 51.5 Å². The van der Waals surface area contributed by atoms with Crippen molar-refractivity contribution in [2.45, 2.75) is 50.3 Å². The van der Waals surface area contributed by atoms with Gasteiger partial charge in [-0.25, -0.2) is 13.3 Å². The molecule has 0 aromatic heterocycles. The van der Waals surface area contributed by atoms with Crippen LogP contribution in [0.1, 0.15) is 44.9 Å². The number of nitrogens with one attached hydrogen (secondary N) is 1. The highest BCUT2D eigenvalue weighted by atomic mass is 32.2. The monoisotopic (exact) mass is 371 g/mol. The zero-order valence-electron chi connectivity index (χ0n) is 13.7. The summed E-state index contributed by atoms with van der Waals surface area (Å²) in [7, 11) is -1.57. The third kappa shape index (κ3) is 4.14. The molecule has 0 radical (unpaired) electrons. The van der Waals surface area contributed by atoms with Gasteiger partial charge in [0.15, 0.2) is 0 Å². The van der Waals surface area contributed by atoms with Crippen LogP contribution in [0.25, 0.3) is 0 Å². The van der Waals surface area contributed by atoms with E-state index in [2.05, 4.69) is 4.72 Å². The zero-order valence-corrected chi connectivity index (χ0v) is 14.6. The van der Waals surface area contributed by atoms with Gasteiger partial charge in [-0.05, 0) is 27.7 Å². The van der Waals surface area contributed by atoms with E-state index in [1.54, 1.807) is 20.8 Å². The Labute approximate surface area is 140 Å². The van der Waals surface area contributed by atoms with E-state index in [4.69, 9.17) is 5.11 Å². The first-order valence-electron chi connectivity index (χ1n) is 7.12. The fourth-order valence-electron chi connectivity index (χ4n) is 1.93. The first-order chi connectivity index (χ1) is 10.8. The summed E-state index contributed by atoms with van der Waals surface area (Å²) in [6.45, 7) is 4.78. The van der Waals surface area contributed by atoms with E-state index in [9.17, 15) is 26.9 Å². The molecule has 0 aliphatic rings. The molecule has 0 saturated heterocycles. The largest absolute Gasteiger partial charge is 0.423 e. The number of aliphatic hydroxyl groups is 2. The summed E-state index contributed by atoms with van der Waals surface area (Å²) in [6.07, 6.45) is -5.26. The summed E-state index contributed by atoms with van der Waals surface area (Å²) >= 11 is 0. The second-order valence-corrected chi connectivity index (χ2v) is 8.44. The number of hydrogen-bond acceptors (Lipinski definition) is 3. The van der Waals surface area contributed by atoms with Gasteiger partial charge >= 0.3 is 6.18 Å². The van der Waals surface area contributed by atoms with Gasteiger partial charge in [-0.3, -0.25) is 0 Å². The number of hydrogen-bond donors (Lipinski definition) is 3. The minimum atomic E-state index is -5.26. The molecular weight excluding hydrogens is 350 g/mol. The highest BCUT2D eigenvalue weighted by Crippen LogP contribution is 2.40. The number of aliphatic hydroxyl groups excluding tert-OH is 1. The number of rotatable bonds is 5. The van der Waals surface area contributed by atoms with Crippen LogP contribution < -0.4 is 4.72 Å². The first-order valence-corrected chi connectivity index (χ1v) is 8.27. The zero-order chi connectivity index (χ0) is 18.9. The quantitative estimate of drug-likeness (QED) is 0.697. The topological polar surface area (TPSA) is 69.6 Å². The van der Waals surface area contributed by atoms with Crippen molar-refractivity contribution in [2.75, 3.05) is 6.61 Å². The normalized spacial score (nSPS) is 18.1. The lowest BCUT2D eigenvalue weighted by molar-refractivity contribution is -0.278. The molecule has 0 fully saturated rings. The molecule has 3 N–H and O–H groups in total. The molecule has 0 aliphatic heterocycles. The van der Waals surface area contributed by atoms with Gasteiger partial charge in [0.2, 0.25) is 5.60 Å². The molecule has 4 nitrogen and oxygen atoms in total. The molecule has 1 aromatic carbocycles. The fraction of sp³-hybridized carbons (Fsp3) is 0.600. The lowest BCUT2D eigenvalue weighted by Gasteiger charge is -2.30. The second-order valence-electron chi connectivity index (χ2n) is 6.45. The van der Waals surface area contributed by atoms with Gasteiger partial charge in [0.05, 0.1) is 22.3 Å². The summed E-state index contributed by atoms with van der Waals surface area (Å²) in [5.41, 5.74) is -4.98. The number of benzene rings is 1. The van der Waals surface area contributed by atoms with E-state index in [1.807, 2.05) is 0 Å². The van der Waals surface area contributed by atoms with Crippen molar-refractivity contribution in [3.63, 3.8) is 0 Å². The van der Waals surface area contributed by atoms with Crippen molar-refractivity contribution in [1.29, 1.82) is 0 Å². The molecule has 2 unspecified atom stereocenters. The molecule has 0 heterocycles. The average molecular weight is 371 g/mol. The van der Waals surface area contributed by atoms with E-state index in [1.165, 1.54) is 13.0 Å². The molecule has 0 aliphatic carbocycles. The van der Waals surface area contributed by atoms with Gasteiger partial charge in [-0.15, -0.1) is 0 Å². The summed E-state index contributed by atoms with van der Waals surface area (Å²) < 4.78 is 67.7. The fourth-order valence-corrected chi connectivity index (χ4v) is 2.73. The summed E-state index contributed by atoms with van der Waals surface area (Å²) in [5.74, 6) is -1.31. The Morgan fingerprint density at radius 1 is 1.25 bits per heavy atom. The third-order valence-corrected chi connectivity index (χ3v) is 5.16. The second kappa shape index (κ2) is 7.07. The van der Waals surface area contributed by atoms with Crippen LogP contribution in [0.2, 0.25) is 0 Å². The van der Waals surface area contributed by atoms with Gasteiger partial charge in [-0.2, -0.15) is 13.2 Å². The van der Waals surface area contributed by atoms with Crippen molar-refractivity contribution in [3.8, 4) is 0 Å². The molecular formula is C15H21F4NO3S. The first kappa shape index (κ1) is 21.0. The van der Waals surface area contributed by atoms with E-state index in [0.29, 0.717) is 0 Å². The molecule has 0 spiro atoms. The van der Waals surface area contributed by atoms with Crippen LogP contribution >= 0.6 is 0 Å². The van der Waals surface area contributed by atoms with Gasteiger partial charge in [0.25, 0.3) is 0 Å². The molecule has 0 bridgehead atoms. The summed E-state index contributed by atoms with van der Waals surface area (Å²) in [6, 6.07) is 2.25. The lowest BCUT2D eigenvalue weighted by atomic mass is 9.90. The van der Waals surface area contributed by atoms with Crippen LogP contribution in [0.15, 0.2) is 18.2 Å². The number of alkyl halides is 3. The molecule has 24 heavy (non-hydrogen) atoms. The average Bonchev–Trinajstić information content (AvgIpc) is 2.44. The van der Waals surface area contributed by atoms with Crippen molar-refractivity contribution < 1.29 is 32.0 Å². The van der Waals surface area contributed by atoms with Crippen molar-refractivity contribution >= 4 is 11.0 Å². The highest BCUT2D eigenvalue weighted by Gasteiger charge is 2.56. The standard InChI is InChI=1S/C15H21F4NO3S/c1-9(20-24(23)13(2,3)4)10-6-5-7-11(12(10)16)14(22,8-21)15(17,18)19/h5-7,9,20-22H,8H2,1-4H3/t9-,14?,24?/m1/s1. The highest BCUT2D eigenvalue weighted by molar-refractivity contribution is 7.84. The Balaban J connectivity index is 3.29. The van der Waals surface area contributed by atoms with Gasteiger partial charge in [0.1, 0.15) is 5.82 Å². The van der Waals surface area contributed by atoms with Gasteiger partial charge < -0.3 is 10.2 Å². The summed E-state index contributed by atoms with van der Waals surface area (Å²) in [4.78, 5) is 0. The minimum absolute atomic E-state index is 0.193. The maximum absolute atomic E-state index is 14.6. The Kier molecular flexibility index (Phi) is 6.19. The smallest absolute Gasteiger partial charge is 0.393 e. The van der Waals surface area contributed by atoms with E-state index >= 15 is 0 Å². The van der Waals surface area contributed by atoms with Gasteiger partial charge in [0, 0.05) is 17.2 Å². The molecule has 1 rings (SSSR count). The van der Waals surface area contributed by atoms with Crippen LogP contribution in [0.5, 0.6) is 0 Å². The van der Waals surface area contributed by atoms with Crippen molar-refractivity contribution in [1.82, 2.24) is 4.72 Å². The van der Waals surface area contributed by atoms with Gasteiger partial charge in [-0.1, -0.05) is 18.2 Å². The third-order valence-electron chi connectivity index (χ3n) is 3.48. The van der Waals surface area contributed by atoms with Crippen molar-refractivity contribution in [3.05, 3.63) is 35.1 Å². The Hall–Kier alpha value is -1.03. The Morgan fingerprint density at radius 2 is 1.79 bits per heavy atom. The molecule has 0 amide bonds. The van der Waals surface area contributed by atoms with E-state index in [-0.39, 0.29) is 5.56 Å². The Morgan fingerprint density at radius 3 is 2.21 bits per heavy atom. The molecule has 3 atom stereocenters. The molecule has 0 saturated carbocycles. The van der Waals surface area contributed by atoms with Crippen LogP contribution in [0.4, 0.5) is 17.6 Å². The molecule has 1 aromatic rings. The molecule has 9 heteroatoms. The lowest BCUT2D eigenvalue weighted by Crippen LogP contribution is -2.46. The molecule has 138 valence electrons. The number of halogens is 4. The van der Waals surface area contributed by atoms with Crippen LogP contribution in [0.3, 0.4) is 0 Å². The maximum atomic E-state index is 14.6. The van der Waals surface area contributed by atoms with Crippen LogP contribution in [-0.2, 0) is 16.6 Å². The minimum Gasteiger partial charge on any atom is -0.393 e. The van der Waals surface area contributed by atoms with E-state index in [0.717, 1.165) is 12.1 Å². The van der Waals surface area contributed by atoms with Crippen LogP contribution in [0, 0.1) is 5.82 Å². The van der Waals surface area contributed by atoms with Crippen molar-refractivity contribution in [2.24, 2.45) is 0 Å².